The zero-order chi connectivity index (χ0) is 9.42. The van der Waals surface area contributed by atoms with Crippen molar-refractivity contribution < 1.29 is 9.90 Å². The zero-order valence-electron chi connectivity index (χ0n) is 7.63. The SMILES string of the molecule is CC[C@@H]1Cc2cc(C(=O)O)[nH]c2C1. The molecule has 13 heavy (non-hydrogen) atoms. The molecule has 0 radical (unpaired) electrons. The highest BCUT2D eigenvalue weighted by atomic mass is 16.4. The lowest BCUT2D eigenvalue weighted by molar-refractivity contribution is 0.0691. The maximum Gasteiger partial charge on any atom is 0.352 e. The normalized spacial score (nSPS) is 20.2. The second-order valence-electron chi connectivity index (χ2n) is 3.67. The summed E-state index contributed by atoms with van der Waals surface area (Å²) in [5, 5.41) is 8.73. The van der Waals surface area contributed by atoms with Crippen LogP contribution >= 0.6 is 0 Å². The highest BCUT2D eigenvalue weighted by molar-refractivity contribution is 5.86. The Kier molecular flexibility index (Phi) is 1.87. The molecule has 0 bridgehead atoms. The molecule has 0 aliphatic heterocycles. The molecule has 0 saturated heterocycles. The Balaban J connectivity index is 2.23. The molecule has 1 aliphatic rings. The van der Waals surface area contributed by atoms with E-state index in [9.17, 15) is 4.79 Å². The number of H-pyrrole nitrogens is 1. The average molecular weight is 179 g/mol. The molecular formula is C10H13NO2. The van der Waals surface area contributed by atoms with Gasteiger partial charge in [0, 0.05) is 5.69 Å². The summed E-state index contributed by atoms with van der Waals surface area (Å²) in [4.78, 5) is 13.6. The Labute approximate surface area is 76.8 Å². The monoisotopic (exact) mass is 179 g/mol. The standard InChI is InChI=1S/C10H13NO2/c1-2-6-3-7-5-9(10(12)13)11-8(7)4-6/h5-6,11H,2-4H2,1H3,(H,12,13)/t6-/m1/s1. The average Bonchev–Trinajstić information content (AvgIpc) is 2.58. The number of carboxylic acids is 1. The van der Waals surface area contributed by atoms with Crippen LogP contribution in [0, 0.1) is 5.92 Å². The third-order valence-electron chi connectivity index (χ3n) is 2.80. The van der Waals surface area contributed by atoms with Gasteiger partial charge in [0.1, 0.15) is 5.69 Å². The van der Waals surface area contributed by atoms with Gasteiger partial charge in [-0.25, -0.2) is 4.79 Å². The van der Waals surface area contributed by atoms with Gasteiger partial charge in [-0.2, -0.15) is 0 Å². The van der Waals surface area contributed by atoms with Crippen LogP contribution in [0.1, 0.15) is 35.1 Å². The first kappa shape index (κ1) is 8.35. The van der Waals surface area contributed by atoms with Gasteiger partial charge < -0.3 is 10.1 Å². The lowest BCUT2D eigenvalue weighted by atomic mass is 10.0. The number of hydrogen-bond acceptors (Lipinski definition) is 1. The second-order valence-corrected chi connectivity index (χ2v) is 3.67. The molecule has 2 N–H and O–H groups in total. The predicted molar refractivity (Wildman–Crippen MR) is 48.9 cm³/mol. The van der Waals surface area contributed by atoms with E-state index in [1.54, 1.807) is 6.07 Å². The van der Waals surface area contributed by atoms with Gasteiger partial charge in [0.15, 0.2) is 0 Å². The van der Waals surface area contributed by atoms with Crippen LogP contribution in [0.4, 0.5) is 0 Å². The van der Waals surface area contributed by atoms with Crippen molar-refractivity contribution in [1.29, 1.82) is 0 Å². The molecular weight excluding hydrogens is 166 g/mol. The number of fused-ring (bicyclic) bond motifs is 1. The highest BCUT2D eigenvalue weighted by Gasteiger charge is 2.23. The summed E-state index contributed by atoms with van der Waals surface area (Å²) in [5.74, 6) is -0.147. The van der Waals surface area contributed by atoms with Gasteiger partial charge in [0.05, 0.1) is 0 Å². The minimum absolute atomic E-state index is 0.333. The summed E-state index contributed by atoms with van der Waals surface area (Å²) in [7, 11) is 0. The molecule has 0 unspecified atom stereocenters. The third-order valence-corrected chi connectivity index (χ3v) is 2.80. The Morgan fingerprint density at radius 2 is 2.46 bits per heavy atom. The summed E-state index contributed by atoms with van der Waals surface area (Å²) >= 11 is 0. The molecule has 1 aromatic rings. The fraction of sp³-hybridized carbons (Fsp3) is 0.500. The van der Waals surface area contributed by atoms with Gasteiger partial charge in [0.2, 0.25) is 0 Å². The number of rotatable bonds is 2. The van der Waals surface area contributed by atoms with Crippen molar-refractivity contribution in [3.63, 3.8) is 0 Å². The number of aromatic nitrogens is 1. The summed E-state index contributed by atoms with van der Waals surface area (Å²) in [6.45, 7) is 2.18. The predicted octanol–water partition coefficient (Wildman–Crippen LogP) is 1.84. The molecule has 1 atom stereocenters. The molecule has 1 aliphatic carbocycles. The first-order valence-corrected chi connectivity index (χ1v) is 4.64. The van der Waals surface area contributed by atoms with Crippen LogP contribution in [-0.4, -0.2) is 16.1 Å². The number of aromatic amines is 1. The number of aromatic carboxylic acids is 1. The van der Waals surface area contributed by atoms with E-state index in [-0.39, 0.29) is 0 Å². The lowest BCUT2D eigenvalue weighted by Crippen LogP contribution is -2.01. The van der Waals surface area contributed by atoms with Crippen LogP contribution in [0.5, 0.6) is 0 Å². The van der Waals surface area contributed by atoms with Crippen molar-refractivity contribution in [2.45, 2.75) is 26.2 Å². The number of carbonyl (C=O) groups is 1. The second kappa shape index (κ2) is 2.91. The Bertz CT molecular complexity index is 317. The topological polar surface area (TPSA) is 53.1 Å². The van der Waals surface area contributed by atoms with Crippen LogP contribution in [0.3, 0.4) is 0 Å². The van der Waals surface area contributed by atoms with E-state index in [1.165, 1.54) is 12.0 Å². The van der Waals surface area contributed by atoms with E-state index in [0.29, 0.717) is 11.6 Å². The van der Waals surface area contributed by atoms with Crippen LogP contribution in [-0.2, 0) is 12.8 Å². The lowest BCUT2D eigenvalue weighted by Gasteiger charge is -2.02. The van der Waals surface area contributed by atoms with Gasteiger partial charge in [-0.05, 0) is 30.4 Å². The maximum atomic E-state index is 10.6. The molecule has 2 rings (SSSR count). The van der Waals surface area contributed by atoms with Crippen LogP contribution in [0.15, 0.2) is 6.07 Å². The van der Waals surface area contributed by atoms with Crippen LogP contribution < -0.4 is 0 Å². The fourth-order valence-electron chi connectivity index (χ4n) is 1.98. The molecule has 0 saturated carbocycles. The number of hydrogen-bond donors (Lipinski definition) is 2. The van der Waals surface area contributed by atoms with Gasteiger partial charge >= 0.3 is 5.97 Å². The quantitative estimate of drug-likeness (QED) is 0.727. The molecule has 0 fully saturated rings. The molecule has 0 aromatic carbocycles. The highest BCUT2D eigenvalue weighted by Crippen LogP contribution is 2.28. The van der Waals surface area contributed by atoms with Gasteiger partial charge in [0.25, 0.3) is 0 Å². The van der Waals surface area contributed by atoms with Gasteiger partial charge in [-0.3, -0.25) is 0 Å². The smallest absolute Gasteiger partial charge is 0.352 e. The largest absolute Gasteiger partial charge is 0.477 e. The molecule has 0 amide bonds. The first-order chi connectivity index (χ1) is 6.20. The van der Waals surface area contributed by atoms with Crippen molar-refractivity contribution in [2.75, 3.05) is 0 Å². The Hall–Kier alpha value is -1.25. The summed E-state index contributed by atoms with van der Waals surface area (Å²) in [6.07, 6.45) is 3.22. The third kappa shape index (κ3) is 1.34. The van der Waals surface area contributed by atoms with E-state index in [4.69, 9.17) is 5.11 Å². The van der Waals surface area contributed by atoms with E-state index >= 15 is 0 Å². The van der Waals surface area contributed by atoms with E-state index in [0.717, 1.165) is 18.5 Å². The minimum atomic E-state index is -0.859. The maximum absolute atomic E-state index is 10.6. The summed E-state index contributed by atoms with van der Waals surface area (Å²) in [5.41, 5.74) is 2.66. The fourth-order valence-corrected chi connectivity index (χ4v) is 1.98. The number of carboxylic acid groups (broad SMARTS) is 1. The van der Waals surface area contributed by atoms with Crippen molar-refractivity contribution >= 4 is 5.97 Å². The number of nitrogens with one attached hydrogen (secondary N) is 1. The van der Waals surface area contributed by atoms with Crippen molar-refractivity contribution in [2.24, 2.45) is 5.92 Å². The van der Waals surface area contributed by atoms with Crippen LogP contribution in [0.25, 0.3) is 0 Å². The summed E-state index contributed by atoms with van der Waals surface area (Å²) < 4.78 is 0. The first-order valence-electron chi connectivity index (χ1n) is 4.64. The van der Waals surface area contributed by atoms with Crippen molar-refractivity contribution in [1.82, 2.24) is 4.98 Å². The Morgan fingerprint density at radius 1 is 1.69 bits per heavy atom. The Morgan fingerprint density at radius 3 is 3.00 bits per heavy atom. The molecule has 3 heteroatoms. The van der Waals surface area contributed by atoms with Crippen molar-refractivity contribution in [3.05, 3.63) is 23.0 Å². The molecule has 0 spiro atoms. The van der Waals surface area contributed by atoms with Crippen molar-refractivity contribution in [3.8, 4) is 0 Å². The minimum Gasteiger partial charge on any atom is -0.477 e. The van der Waals surface area contributed by atoms with Gasteiger partial charge in [-0.1, -0.05) is 13.3 Å². The van der Waals surface area contributed by atoms with Crippen LogP contribution in [0.2, 0.25) is 0 Å². The van der Waals surface area contributed by atoms with E-state index in [2.05, 4.69) is 11.9 Å². The van der Waals surface area contributed by atoms with E-state index < -0.39 is 5.97 Å². The molecule has 1 heterocycles. The summed E-state index contributed by atoms with van der Waals surface area (Å²) in [6, 6.07) is 1.77. The van der Waals surface area contributed by atoms with E-state index in [1.807, 2.05) is 0 Å². The molecule has 3 nitrogen and oxygen atoms in total. The van der Waals surface area contributed by atoms with Gasteiger partial charge in [-0.15, -0.1) is 0 Å². The molecule has 70 valence electrons. The zero-order valence-corrected chi connectivity index (χ0v) is 7.63. The molecule has 1 aromatic heterocycles.